The average Bonchev–Trinajstić information content (AvgIpc) is 2.86. The van der Waals surface area contributed by atoms with Crippen molar-refractivity contribution in [2.75, 3.05) is 69.0 Å². The lowest BCUT2D eigenvalue weighted by Gasteiger charge is -2.41. The Morgan fingerprint density at radius 1 is 1.11 bits per heavy atom. The second-order valence-electron chi connectivity index (χ2n) is 9.67. The Bertz CT molecular complexity index is 1060. The molecule has 0 radical (unpaired) electrons. The van der Waals surface area contributed by atoms with Crippen LogP contribution in [0.1, 0.15) is 19.8 Å². The molecule has 2 N–H and O–H groups in total. The van der Waals surface area contributed by atoms with Gasteiger partial charge in [0.1, 0.15) is 6.20 Å². The number of anilines is 4. The van der Waals surface area contributed by atoms with E-state index in [0.29, 0.717) is 11.5 Å². The van der Waals surface area contributed by atoms with E-state index < -0.39 is 0 Å². The summed E-state index contributed by atoms with van der Waals surface area (Å²) in [6.45, 7) is 14.8. The number of likely N-dealkylation sites (N-methyl/N-ethyl adjacent to an activating group) is 1. The second-order valence-corrected chi connectivity index (χ2v) is 9.67. The van der Waals surface area contributed by atoms with Crippen LogP contribution in [0.15, 0.2) is 36.5 Å². The zero-order valence-electron chi connectivity index (χ0n) is 21.2. The molecule has 35 heavy (non-hydrogen) atoms. The number of aromatic nitrogens is 1. The Balaban J connectivity index is 1.49. The minimum absolute atomic E-state index is 0.0534. The molecule has 2 aromatic rings. The number of hydrogen-bond acceptors (Lipinski definition) is 6. The number of carbonyl (C=O) groups is 1. The quantitative estimate of drug-likeness (QED) is 0.641. The lowest BCUT2D eigenvalue weighted by atomic mass is 9.97. The number of piperidine rings is 1. The number of nitrogens with one attached hydrogen (secondary N) is 2. The van der Waals surface area contributed by atoms with Gasteiger partial charge in [0.2, 0.25) is 0 Å². The van der Waals surface area contributed by atoms with Crippen LogP contribution in [0.5, 0.6) is 0 Å². The van der Waals surface area contributed by atoms with Crippen LogP contribution >= 0.6 is 0 Å². The molecule has 4 rings (SSSR count). The van der Waals surface area contributed by atoms with E-state index >= 15 is 0 Å². The number of urea groups is 1. The molecular formula is C26H36N8O. The normalized spacial score (nSPS) is 20.8. The van der Waals surface area contributed by atoms with Crippen molar-refractivity contribution >= 4 is 34.6 Å². The average molecular weight is 477 g/mol. The minimum Gasteiger partial charge on any atom is -0.369 e. The van der Waals surface area contributed by atoms with Gasteiger partial charge in [0.15, 0.2) is 0 Å². The lowest BCUT2D eigenvalue weighted by Crippen LogP contribution is -2.55. The van der Waals surface area contributed by atoms with E-state index in [9.17, 15) is 4.79 Å². The highest BCUT2D eigenvalue weighted by Gasteiger charge is 2.30. The van der Waals surface area contributed by atoms with Gasteiger partial charge in [-0.1, -0.05) is 6.57 Å². The van der Waals surface area contributed by atoms with Crippen molar-refractivity contribution in [2.24, 2.45) is 0 Å². The highest BCUT2D eigenvalue weighted by Crippen LogP contribution is 2.33. The summed E-state index contributed by atoms with van der Waals surface area (Å²) in [5.41, 5.74) is 3.78. The SMILES string of the molecule is [C-]#[N+]c1ncc(N2CCC[C@@H](NC(=O)N(C)C)[C@H]2C)cc1Nc1ccc(N2CCN(C)CC2)cc1. The van der Waals surface area contributed by atoms with E-state index in [1.165, 1.54) is 5.69 Å². The van der Waals surface area contributed by atoms with Gasteiger partial charge in [-0.05, 0) is 57.1 Å². The summed E-state index contributed by atoms with van der Waals surface area (Å²) >= 11 is 0. The van der Waals surface area contributed by atoms with E-state index in [1.54, 1.807) is 25.2 Å². The lowest BCUT2D eigenvalue weighted by molar-refractivity contribution is 0.207. The third-order valence-corrected chi connectivity index (χ3v) is 7.01. The first-order valence-corrected chi connectivity index (χ1v) is 12.3. The Labute approximate surface area is 208 Å². The van der Waals surface area contributed by atoms with E-state index in [1.807, 2.05) is 6.07 Å². The molecule has 9 nitrogen and oxygen atoms in total. The zero-order valence-corrected chi connectivity index (χ0v) is 21.2. The van der Waals surface area contributed by atoms with Gasteiger partial charge in [0, 0.05) is 64.2 Å². The summed E-state index contributed by atoms with van der Waals surface area (Å²) < 4.78 is 0. The first kappa shape index (κ1) is 24.6. The Kier molecular flexibility index (Phi) is 7.61. The van der Waals surface area contributed by atoms with Gasteiger partial charge >= 0.3 is 6.03 Å². The number of benzene rings is 1. The van der Waals surface area contributed by atoms with Gasteiger partial charge in [-0.3, -0.25) is 0 Å². The molecule has 2 saturated heterocycles. The van der Waals surface area contributed by atoms with Gasteiger partial charge in [0.05, 0.1) is 17.4 Å². The van der Waals surface area contributed by atoms with Gasteiger partial charge in [-0.25, -0.2) is 4.79 Å². The van der Waals surface area contributed by atoms with Gasteiger partial charge in [0.25, 0.3) is 5.82 Å². The number of rotatable bonds is 5. The Morgan fingerprint density at radius 3 is 2.49 bits per heavy atom. The third-order valence-electron chi connectivity index (χ3n) is 7.01. The van der Waals surface area contributed by atoms with Crippen molar-refractivity contribution < 1.29 is 4.79 Å². The number of pyridine rings is 1. The standard InChI is InChI=1S/C26H36N8O/c1-19-23(30-26(35)31(3)4)7-6-12-34(19)22-17-24(25(27-2)28-18-22)29-20-8-10-21(11-9-20)33-15-13-32(5)14-16-33/h8-11,17-19,23,29H,6-7,12-16H2,1,3-5H3,(H,30,35)/t19-,23-/m1/s1. The van der Waals surface area contributed by atoms with Crippen LogP contribution in [0.3, 0.4) is 0 Å². The summed E-state index contributed by atoms with van der Waals surface area (Å²) in [6.07, 6.45) is 3.68. The van der Waals surface area contributed by atoms with E-state index in [0.717, 1.165) is 56.9 Å². The fourth-order valence-corrected chi connectivity index (χ4v) is 4.75. The van der Waals surface area contributed by atoms with E-state index in [4.69, 9.17) is 6.57 Å². The first-order chi connectivity index (χ1) is 16.9. The molecule has 3 heterocycles. The maximum absolute atomic E-state index is 12.2. The Hall–Kier alpha value is -3.51. The van der Waals surface area contributed by atoms with Crippen LogP contribution in [-0.2, 0) is 0 Å². The molecule has 2 amide bonds. The molecular weight excluding hydrogens is 440 g/mol. The molecule has 0 saturated carbocycles. The predicted molar refractivity (Wildman–Crippen MR) is 142 cm³/mol. The van der Waals surface area contributed by atoms with Crippen molar-refractivity contribution in [3.05, 3.63) is 47.9 Å². The van der Waals surface area contributed by atoms with Crippen molar-refractivity contribution in [3.8, 4) is 0 Å². The van der Waals surface area contributed by atoms with Crippen LogP contribution in [-0.4, -0.2) is 86.8 Å². The molecule has 0 unspecified atom stereocenters. The maximum atomic E-state index is 12.2. The molecule has 9 heteroatoms. The van der Waals surface area contributed by atoms with Crippen molar-refractivity contribution in [1.82, 2.24) is 20.1 Å². The first-order valence-electron chi connectivity index (χ1n) is 12.3. The van der Waals surface area contributed by atoms with Crippen LogP contribution < -0.4 is 20.4 Å². The molecule has 0 spiro atoms. The van der Waals surface area contributed by atoms with Crippen LogP contribution in [0.4, 0.5) is 33.4 Å². The Morgan fingerprint density at radius 2 is 1.83 bits per heavy atom. The molecule has 0 bridgehead atoms. The summed E-state index contributed by atoms with van der Waals surface area (Å²) in [5.74, 6) is 0.346. The van der Waals surface area contributed by atoms with Crippen LogP contribution in [0.2, 0.25) is 0 Å². The summed E-state index contributed by atoms with van der Waals surface area (Å²) in [6, 6.07) is 10.5. The fourth-order valence-electron chi connectivity index (χ4n) is 4.75. The topological polar surface area (TPSA) is 71.3 Å². The summed E-state index contributed by atoms with van der Waals surface area (Å²) in [7, 11) is 5.67. The molecule has 1 aromatic carbocycles. The summed E-state index contributed by atoms with van der Waals surface area (Å²) in [5, 5.41) is 6.54. The largest absolute Gasteiger partial charge is 0.369 e. The van der Waals surface area contributed by atoms with Crippen LogP contribution in [0.25, 0.3) is 4.85 Å². The molecule has 2 aliphatic heterocycles. The van der Waals surface area contributed by atoms with Crippen molar-refractivity contribution in [1.29, 1.82) is 0 Å². The van der Waals surface area contributed by atoms with Gasteiger partial charge in [-0.15, -0.1) is 4.98 Å². The number of carbonyl (C=O) groups excluding carboxylic acids is 1. The van der Waals surface area contributed by atoms with E-state index in [-0.39, 0.29) is 18.1 Å². The molecule has 186 valence electrons. The number of amides is 2. The molecule has 2 atom stereocenters. The number of piperazine rings is 1. The second kappa shape index (κ2) is 10.8. The van der Waals surface area contributed by atoms with Gasteiger partial charge < -0.3 is 35.1 Å². The predicted octanol–water partition coefficient (Wildman–Crippen LogP) is 3.76. The molecule has 1 aromatic heterocycles. The zero-order chi connectivity index (χ0) is 24.9. The smallest absolute Gasteiger partial charge is 0.317 e. The monoisotopic (exact) mass is 476 g/mol. The van der Waals surface area contributed by atoms with Crippen molar-refractivity contribution in [3.63, 3.8) is 0 Å². The fraction of sp³-hybridized carbons (Fsp3) is 0.500. The van der Waals surface area contributed by atoms with E-state index in [2.05, 4.69) is 73.4 Å². The highest BCUT2D eigenvalue weighted by atomic mass is 16.2. The number of hydrogen-bond donors (Lipinski definition) is 2. The van der Waals surface area contributed by atoms with Gasteiger partial charge in [-0.2, -0.15) is 0 Å². The van der Waals surface area contributed by atoms with Crippen LogP contribution in [0, 0.1) is 6.57 Å². The third kappa shape index (κ3) is 5.77. The molecule has 0 aliphatic carbocycles. The minimum atomic E-state index is -0.0763. The maximum Gasteiger partial charge on any atom is 0.317 e. The summed E-state index contributed by atoms with van der Waals surface area (Å²) in [4.78, 5) is 28.9. The number of nitrogens with zero attached hydrogens (tertiary/aromatic N) is 6. The highest BCUT2D eigenvalue weighted by molar-refractivity contribution is 5.77. The molecule has 2 aliphatic rings. The van der Waals surface area contributed by atoms with Crippen molar-refractivity contribution in [2.45, 2.75) is 31.8 Å². The molecule has 2 fully saturated rings.